The van der Waals surface area contributed by atoms with Crippen LogP contribution < -0.4 is 10.1 Å². The SMILES string of the molecule is O=C(O)C=Cc1ccc2c(c1)OCC(=O)N2. The van der Waals surface area contributed by atoms with E-state index in [9.17, 15) is 9.59 Å². The minimum absolute atomic E-state index is 0.0148. The molecule has 1 aromatic rings. The van der Waals surface area contributed by atoms with Crippen molar-refractivity contribution in [2.75, 3.05) is 11.9 Å². The molecule has 0 aliphatic carbocycles. The summed E-state index contributed by atoms with van der Waals surface area (Å²) >= 11 is 0. The standard InChI is InChI=1S/C11H9NO4/c13-10-6-16-9-5-7(2-4-11(14)15)1-3-8(9)12-10/h1-5H,6H2,(H,12,13)(H,14,15). The average molecular weight is 219 g/mol. The van der Waals surface area contributed by atoms with Gasteiger partial charge in [0.25, 0.3) is 5.91 Å². The molecule has 1 amide bonds. The number of hydrogen-bond donors (Lipinski definition) is 2. The average Bonchev–Trinajstić information content (AvgIpc) is 2.26. The summed E-state index contributed by atoms with van der Waals surface area (Å²) in [7, 11) is 0. The summed E-state index contributed by atoms with van der Waals surface area (Å²) in [5.41, 5.74) is 1.31. The fraction of sp³-hybridized carbons (Fsp3) is 0.0909. The molecular weight excluding hydrogens is 210 g/mol. The molecule has 1 aromatic carbocycles. The van der Waals surface area contributed by atoms with Gasteiger partial charge in [0.15, 0.2) is 6.61 Å². The second kappa shape index (κ2) is 4.06. The van der Waals surface area contributed by atoms with Gasteiger partial charge >= 0.3 is 5.97 Å². The number of hydrogen-bond acceptors (Lipinski definition) is 3. The number of fused-ring (bicyclic) bond motifs is 1. The molecule has 2 rings (SSSR count). The van der Waals surface area contributed by atoms with Gasteiger partial charge in [-0.1, -0.05) is 6.07 Å². The number of ether oxygens (including phenoxy) is 1. The van der Waals surface area contributed by atoms with Gasteiger partial charge in [-0.25, -0.2) is 4.79 Å². The summed E-state index contributed by atoms with van der Waals surface area (Å²) in [6, 6.07) is 5.05. The Morgan fingerprint density at radius 3 is 3.06 bits per heavy atom. The van der Waals surface area contributed by atoms with E-state index >= 15 is 0 Å². The van der Waals surface area contributed by atoms with Gasteiger partial charge in [0.2, 0.25) is 0 Å². The zero-order valence-electron chi connectivity index (χ0n) is 8.27. The van der Waals surface area contributed by atoms with Crippen molar-refractivity contribution in [1.82, 2.24) is 0 Å². The fourth-order valence-electron chi connectivity index (χ4n) is 1.36. The Hall–Kier alpha value is -2.30. The van der Waals surface area contributed by atoms with Crippen molar-refractivity contribution >= 4 is 23.6 Å². The minimum atomic E-state index is -1.01. The van der Waals surface area contributed by atoms with Crippen LogP contribution in [0.2, 0.25) is 0 Å². The Morgan fingerprint density at radius 2 is 2.31 bits per heavy atom. The molecule has 5 heteroatoms. The molecule has 82 valence electrons. The first-order valence-electron chi connectivity index (χ1n) is 4.63. The molecule has 0 atom stereocenters. The highest BCUT2D eigenvalue weighted by Crippen LogP contribution is 2.28. The first-order chi connectivity index (χ1) is 7.65. The maximum atomic E-state index is 11.0. The van der Waals surface area contributed by atoms with Gasteiger partial charge in [0, 0.05) is 6.08 Å². The Bertz CT molecular complexity index is 479. The first kappa shape index (κ1) is 10.2. The van der Waals surface area contributed by atoms with Gasteiger partial charge < -0.3 is 15.2 Å². The van der Waals surface area contributed by atoms with Gasteiger partial charge in [-0.15, -0.1) is 0 Å². The summed E-state index contributed by atoms with van der Waals surface area (Å²) in [6.07, 6.45) is 2.51. The number of amides is 1. The van der Waals surface area contributed by atoms with Gasteiger partial charge in [0.1, 0.15) is 5.75 Å². The van der Waals surface area contributed by atoms with E-state index in [0.717, 1.165) is 6.08 Å². The zero-order valence-corrected chi connectivity index (χ0v) is 8.27. The number of nitrogens with one attached hydrogen (secondary N) is 1. The monoisotopic (exact) mass is 219 g/mol. The number of carboxylic acids is 1. The maximum Gasteiger partial charge on any atom is 0.328 e. The molecule has 16 heavy (non-hydrogen) atoms. The Labute approximate surface area is 91.3 Å². The van der Waals surface area contributed by atoms with Gasteiger partial charge in [-0.05, 0) is 23.8 Å². The number of carbonyl (C=O) groups excluding carboxylic acids is 1. The lowest BCUT2D eigenvalue weighted by molar-refractivity contribution is -0.131. The van der Waals surface area contributed by atoms with Crippen LogP contribution in [0.25, 0.3) is 6.08 Å². The summed E-state index contributed by atoms with van der Waals surface area (Å²) in [5.74, 6) is -0.652. The summed E-state index contributed by atoms with van der Waals surface area (Å²) in [5, 5.41) is 11.1. The van der Waals surface area contributed by atoms with Crippen LogP contribution in [0.15, 0.2) is 24.3 Å². The molecule has 0 aromatic heterocycles. The topological polar surface area (TPSA) is 75.6 Å². The molecule has 1 aliphatic rings. The molecular formula is C11H9NO4. The quantitative estimate of drug-likeness (QED) is 0.731. The van der Waals surface area contributed by atoms with Crippen LogP contribution in [-0.4, -0.2) is 23.6 Å². The Morgan fingerprint density at radius 1 is 1.50 bits per heavy atom. The molecule has 0 radical (unpaired) electrons. The third-order valence-electron chi connectivity index (χ3n) is 2.06. The second-order valence-electron chi connectivity index (χ2n) is 3.26. The molecule has 2 N–H and O–H groups in total. The predicted octanol–water partition coefficient (Wildman–Crippen LogP) is 1.12. The Kier molecular flexibility index (Phi) is 2.59. The first-order valence-corrected chi connectivity index (χ1v) is 4.63. The third-order valence-corrected chi connectivity index (χ3v) is 2.06. The van der Waals surface area contributed by atoms with E-state index < -0.39 is 5.97 Å². The number of benzene rings is 1. The highest BCUT2D eigenvalue weighted by Gasteiger charge is 2.15. The van der Waals surface area contributed by atoms with E-state index in [4.69, 9.17) is 9.84 Å². The van der Waals surface area contributed by atoms with Crippen LogP contribution in [0, 0.1) is 0 Å². The smallest absolute Gasteiger partial charge is 0.328 e. The highest BCUT2D eigenvalue weighted by atomic mass is 16.5. The van der Waals surface area contributed by atoms with E-state index in [1.807, 2.05) is 0 Å². The van der Waals surface area contributed by atoms with Crippen LogP contribution in [0.4, 0.5) is 5.69 Å². The maximum absolute atomic E-state index is 11.0. The van der Waals surface area contributed by atoms with Crippen molar-refractivity contribution in [3.8, 4) is 5.75 Å². The van der Waals surface area contributed by atoms with Crippen molar-refractivity contribution in [3.63, 3.8) is 0 Å². The van der Waals surface area contributed by atoms with Crippen molar-refractivity contribution in [3.05, 3.63) is 29.8 Å². The molecule has 0 bridgehead atoms. The number of carboxylic acid groups (broad SMARTS) is 1. The van der Waals surface area contributed by atoms with Gasteiger partial charge in [-0.3, -0.25) is 4.79 Å². The van der Waals surface area contributed by atoms with Crippen molar-refractivity contribution < 1.29 is 19.4 Å². The van der Waals surface area contributed by atoms with Gasteiger partial charge in [0.05, 0.1) is 5.69 Å². The fourth-order valence-corrected chi connectivity index (χ4v) is 1.36. The van der Waals surface area contributed by atoms with Crippen LogP contribution in [0.1, 0.15) is 5.56 Å². The summed E-state index contributed by atoms with van der Waals surface area (Å²) < 4.78 is 5.19. The normalized spacial score (nSPS) is 14.1. The molecule has 0 unspecified atom stereocenters. The van der Waals surface area contributed by atoms with Crippen molar-refractivity contribution in [1.29, 1.82) is 0 Å². The molecule has 0 spiro atoms. The van der Waals surface area contributed by atoms with E-state index in [0.29, 0.717) is 17.0 Å². The molecule has 0 saturated carbocycles. The summed E-state index contributed by atoms with van der Waals surface area (Å²) in [4.78, 5) is 21.3. The molecule has 1 aliphatic heterocycles. The zero-order chi connectivity index (χ0) is 11.5. The van der Waals surface area contributed by atoms with Crippen LogP contribution in [0.5, 0.6) is 5.75 Å². The van der Waals surface area contributed by atoms with E-state index in [1.54, 1.807) is 18.2 Å². The van der Waals surface area contributed by atoms with Crippen LogP contribution >= 0.6 is 0 Å². The second-order valence-corrected chi connectivity index (χ2v) is 3.26. The molecule has 1 heterocycles. The number of rotatable bonds is 2. The summed E-state index contributed by atoms with van der Waals surface area (Å²) in [6.45, 7) is -0.0148. The number of anilines is 1. The van der Waals surface area contributed by atoms with E-state index in [2.05, 4.69) is 5.32 Å². The lowest BCUT2D eigenvalue weighted by Crippen LogP contribution is -2.25. The number of aliphatic carboxylic acids is 1. The number of carbonyl (C=O) groups is 2. The molecule has 5 nitrogen and oxygen atoms in total. The largest absolute Gasteiger partial charge is 0.482 e. The van der Waals surface area contributed by atoms with Crippen LogP contribution in [0.3, 0.4) is 0 Å². The van der Waals surface area contributed by atoms with Crippen molar-refractivity contribution in [2.45, 2.75) is 0 Å². The van der Waals surface area contributed by atoms with E-state index in [-0.39, 0.29) is 12.5 Å². The predicted molar refractivity (Wildman–Crippen MR) is 57.2 cm³/mol. The molecule has 0 saturated heterocycles. The lowest BCUT2D eigenvalue weighted by atomic mass is 10.1. The molecule has 0 fully saturated rings. The minimum Gasteiger partial charge on any atom is -0.482 e. The lowest BCUT2D eigenvalue weighted by Gasteiger charge is -2.17. The van der Waals surface area contributed by atoms with Crippen LogP contribution in [-0.2, 0) is 9.59 Å². The van der Waals surface area contributed by atoms with E-state index in [1.165, 1.54) is 6.08 Å². The highest BCUT2D eigenvalue weighted by molar-refractivity contribution is 5.95. The van der Waals surface area contributed by atoms with Gasteiger partial charge in [-0.2, -0.15) is 0 Å². The Balaban J connectivity index is 2.26. The third kappa shape index (κ3) is 2.20. The van der Waals surface area contributed by atoms with Crippen molar-refractivity contribution in [2.24, 2.45) is 0 Å².